The fourth-order valence-electron chi connectivity index (χ4n) is 4.22. The van der Waals surface area contributed by atoms with Gasteiger partial charge in [0.1, 0.15) is 17.2 Å². The van der Waals surface area contributed by atoms with Crippen molar-refractivity contribution in [2.45, 2.75) is 25.9 Å². The van der Waals surface area contributed by atoms with Gasteiger partial charge in [0.05, 0.1) is 5.56 Å². The Labute approximate surface area is 223 Å². The largest absolute Gasteiger partial charge is 0.457 e. The quantitative estimate of drug-likeness (QED) is 0.311. The van der Waals surface area contributed by atoms with E-state index in [1.807, 2.05) is 0 Å². The van der Waals surface area contributed by atoms with Crippen molar-refractivity contribution < 1.29 is 32.3 Å². The van der Waals surface area contributed by atoms with Crippen molar-refractivity contribution in [3.63, 3.8) is 0 Å². The molecule has 8 nitrogen and oxygen atoms in total. The molecule has 1 aliphatic rings. The van der Waals surface area contributed by atoms with E-state index in [1.54, 1.807) is 11.0 Å². The van der Waals surface area contributed by atoms with Crippen molar-refractivity contribution in [3.05, 3.63) is 77.6 Å². The van der Waals surface area contributed by atoms with E-state index < -0.39 is 23.4 Å². The number of nitrogens with zero attached hydrogens (tertiary/aromatic N) is 2. The number of carbonyl (C=O) groups is 3. The van der Waals surface area contributed by atoms with Crippen molar-refractivity contribution in [1.82, 2.24) is 10.3 Å². The minimum Gasteiger partial charge on any atom is -0.457 e. The molecule has 0 saturated carbocycles. The van der Waals surface area contributed by atoms with Crippen molar-refractivity contribution in [1.29, 1.82) is 0 Å². The molecule has 2 aromatic carbocycles. The number of carbonyl (C=O) groups excluding carboxylic acids is 3. The first-order valence-electron chi connectivity index (χ1n) is 12.3. The molecule has 0 atom stereocenters. The first-order valence-corrected chi connectivity index (χ1v) is 12.3. The van der Waals surface area contributed by atoms with Gasteiger partial charge in [0.25, 0.3) is 17.6 Å². The third-order valence-corrected chi connectivity index (χ3v) is 6.43. The third kappa shape index (κ3) is 6.73. The lowest BCUT2D eigenvalue weighted by Crippen LogP contribution is -2.34. The van der Waals surface area contributed by atoms with Crippen LogP contribution in [0.15, 0.2) is 60.8 Å². The van der Waals surface area contributed by atoms with Crippen LogP contribution in [-0.4, -0.2) is 42.7 Å². The van der Waals surface area contributed by atoms with Gasteiger partial charge in [-0.15, -0.1) is 0 Å². The molecule has 1 saturated heterocycles. The summed E-state index contributed by atoms with van der Waals surface area (Å²) in [5.41, 5.74) is -0.744. The van der Waals surface area contributed by atoms with Gasteiger partial charge in [0.15, 0.2) is 0 Å². The number of hydrogen-bond donors (Lipinski definition) is 2. The smallest absolute Gasteiger partial charge is 0.418 e. The second-order valence-corrected chi connectivity index (χ2v) is 9.26. The van der Waals surface area contributed by atoms with Gasteiger partial charge in [-0.25, -0.2) is 0 Å². The van der Waals surface area contributed by atoms with Crippen LogP contribution in [0, 0.1) is 5.92 Å². The van der Waals surface area contributed by atoms with Crippen LogP contribution in [0.5, 0.6) is 11.5 Å². The summed E-state index contributed by atoms with van der Waals surface area (Å²) in [5, 5.41) is 4.74. The molecule has 2 heterocycles. The molecule has 2 amide bonds. The maximum absolute atomic E-state index is 13.9. The zero-order chi connectivity index (χ0) is 28.2. The number of piperidine rings is 1. The van der Waals surface area contributed by atoms with Crippen molar-refractivity contribution in [2.75, 3.05) is 30.4 Å². The summed E-state index contributed by atoms with van der Waals surface area (Å²) in [5.74, 6) is -1.25. The standard InChI is InChI=1S/C28H27F3N4O4/c1-17-10-13-35(14-11-17)24-8-5-19(15-22(24)28(29,30)31)34-27(38)25(36)18-3-6-20(7-4-18)39-21-9-12-33-23(16-21)26(37)32-2/h3-9,12,15-17H,10-11,13-14H2,1-2H3,(H,32,37)(H,34,38). The number of pyridine rings is 1. The van der Waals surface area contributed by atoms with Gasteiger partial charge in [0, 0.05) is 49.3 Å². The first-order chi connectivity index (χ1) is 18.5. The van der Waals surface area contributed by atoms with E-state index in [-0.39, 0.29) is 28.5 Å². The molecule has 39 heavy (non-hydrogen) atoms. The Hall–Kier alpha value is -4.41. The van der Waals surface area contributed by atoms with Gasteiger partial charge in [-0.1, -0.05) is 6.92 Å². The number of anilines is 2. The zero-order valence-electron chi connectivity index (χ0n) is 21.3. The summed E-state index contributed by atoms with van der Waals surface area (Å²) in [6, 6.07) is 12.2. The molecule has 0 bridgehead atoms. The molecular weight excluding hydrogens is 513 g/mol. The van der Waals surface area contributed by atoms with E-state index in [0.717, 1.165) is 18.9 Å². The minimum atomic E-state index is -4.63. The molecular formula is C28H27F3N4O4. The Bertz CT molecular complexity index is 1370. The fraction of sp³-hybridized carbons (Fsp3) is 0.286. The second kappa shape index (κ2) is 11.5. The second-order valence-electron chi connectivity index (χ2n) is 9.26. The molecule has 11 heteroatoms. The number of amides is 2. The molecule has 204 valence electrons. The predicted octanol–water partition coefficient (Wildman–Crippen LogP) is 5.31. The Morgan fingerprint density at radius 3 is 2.31 bits per heavy atom. The van der Waals surface area contributed by atoms with E-state index in [0.29, 0.717) is 30.5 Å². The van der Waals surface area contributed by atoms with Crippen LogP contribution < -0.4 is 20.3 Å². The number of alkyl halides is 3. The van der Waals surface area contributed by atoms with Crippen LogP contribution in [0.4, 0.5) is 24.5 Å². The molecule has 1 aliphatic heterocycles. The van der Waals surface area contributed by atoms with Crippen LogP contribution >= 0.6 is 0 Å². The summed E-state index contributed by atoms with van der Waals surface area (Å²) < 4.78 is 47.2. The van der Waals surface area contributed by atoms with Crippen LogP contribution in [0.3, 0.4) is 0 Å². The highest BCUT2D eigenvalue weighted by Crippen LogP contribution is 2.39. The average molecular weight is 541 g/mol. The van der Waals surface area contributed by atoms with E-state index in [1.165, 1.54) is 55.7 Å². The summed E-state index contributed by atoms with van der Waals surface area (Å²) in [7, 11) is 1.48. The SMILES string of the molecule is CNC(=O)c1cc(Oc2ccc(C(=O)C(=O)Nc3ccc(N4CCC(C)CC4)c(C(F)(F)F)c3)cc2)ccn1. The molecule has 0 radical (unpaired) electrons. The third-order valence-electron chi connectivity index (χ3n) is 6.43. The lowest BCUT2D eigenvalue weighted by molar-refractivity contribution is -0.137. The number of hydrogen-bond acceptors (Lipinski definition) is 6. The summed E-state index contributed by atoms with van der Waals surface area (Å²) in [4.78, 5) is 42.6. The molecule has 1 aromatic heterocycles. The highest BCUT2D eigenvalue weighted by molar-refractivity contribution is 6.46. The number of ether oxygens (including phenoxy) is 1. The maximum atomic E-state index is 13.9. The molecule has 2 N–H and O–H groups in total. The molecule has 0 spiro atoms. The van der Waals surface area contributed by atoms with Gasteiger partial charge in [-0.3, -0.25) is 19.4 Å². The molecule has 4 rings (SSSR count). The van der Waals surface area contributed by atoms with Crippen LogP contribution in [-0.2, 0) is 11.0 Å². The summed E-state index contributed by atoms with van der Waals surface area (Å²) in [6.07, 6.45) is -1.62. The van der Waals surface area contributed by atoms with Gasteiger partial charge >= 0.3 is 6.18 Å². The Balaban J connectivity index is 1.44. The maximum Gasteiger partial charge on any atom is 0.418 e. The lowest BCUT2D eigenvalue weighted by Gasteiger charge is -2.34. The number of halogens is 3. The van der Waals surface area contributed by atoms with Crippen LogP contribution in [0.1, 0.15) is 46.2 Å². The van der Waals surface area contributed by atoms with E-state index in [2.05, 4.69) is 22.5 Å². The topological polar surface area (TPSA) is 101 Å². The van der Waals surface area contributed by atoms with Gasteiger partial charge < -0.3 is 20.3 Å². The van der Waals surface area contributed by atoms with Gasteiger partial charge in [0.2, 0.25) is 0 Å². The highest BCUT2D eigenvalue weighted by Gasteiger charge is 2.36. The number of nitrogens with one attached hydrogen (secondary N) is 2. The van der Waals surface area contributed by atoms with E-state index in [4.69, 9.17) is 4.74 Å². The molecule has 0 aliphatic carbocycles. The normalized spacial score (nSPS) is 14.0. The number of benzene rings is 2. The molecule has 1 fully saturated rings. The predicted molar refractivity (Wildman–Crippen MR) is 139 cm³/mol. The average Bonchev–Trinajstić information content (AvgIpc) is 2.93. The minimum absolute atomic E-state index is 0.0238. The first kappa shape index (κ1) is 27.6. The highest BCUT2D eigenvalue weighted by atomic mass is 19.4. The van der Waals surface area contributed by atoms with Crippen LogP contribution in [0.2, 0.25) is 0 Å². The molecule has 0 unspecified atom stereocenters. The van der Waals surface area contributed by atoms with Crippen molar-refractivity contribution in [3.8, 4) is 11.5 Å². The van der Waals surface area contributed by atoms with Crippen LogP contribution in [0.25, 0.3) is 0 Å². The van der Waals surface area contributed by atoms with E-state index >= 15 is 0 Å². The number of aromatic nitrogens is 1. The number of Topliss-reactive ketones (excluding diaryl/α,β-unsaturated/α-hetero) is 1. The van der Waals surface area contributed by atoms with E-state index in [9.17, 15) is 27.6 Å². The number of ketones is 1. The molecule has 3 aromatic rings. The zero-order valence-corrected chi connectivity index (χ0v) is 21.3. The Morgan fingerprint density at radius 2 is 1.67 bits per heavy atom. The van der Waals surface area contributed by atoms with Crippen molar-refractivity contribution in [2.24, 2.45) is 5.92 Å². The monoisotopic (exact) mass is 540 g/mol. The summed E-state index contributed by atoms with van der Waals surface area (Å²) >= 11 is 0. The fourth-order valence-corrected chi connectivity index (χ4v) is 4.22. The van der Waals surface area contributed by atoms with Crippen molar-refractivity contribution >= 4 is 29.0 Å². The number of rotatable bonds is 7. The van der Waals surface area contributed by atoms with Gasteiger partial charge in [-0.05, 0) is 67.3 Å². The summed E-state index contributed by atoms with van der Waals surface area (Å²) in [6.45, 7) is 3.11. The van der Waals surface area contributed by atoms with Gasteiger partial charge in [-0.2, -0.15) is 13.2 Å². The lowest BCUT2D eigenvalue weighted by atomic mass is 9.98. The Morgan fingerprint density at radius 1 is 0.974 bits per heavy atom. The Kier molecular flexibility index (Phi) is 8.18.